The molecule has 0 fully saturated rings. The number of amides is 2. The van der Waals surface area contributed by atoms with E-state index < -0.39 is 11.8 Å². The highest BCUT2D eigenvalue weighted by Crippen LogP contribution is 2.36. The fourth-order valence-electron chi connectivity index (χ4n) is 3.55. The van der Waals surface area contributed by atoms with Crippen LogP contribution in [0.1, 0.15) is 11.1 Å². The van der Waals surface area contributed by atoms with E-state index in [1.54, 1.807) is 67.6 Å². The summed E-state index contributed by atoms with van der Waals surface area (Å²) >= 11 is 0. The molecule has 6 heteroatoms. The zero-order valence-electron chi connectivity index (χ0n) is 17.1. The third kappa shape index (κ3) is 3.53. The normalized spacial score (nSPS) is 13.4. The van der Waals surface area contributed by atoms with E-state index in [2.05, 4.69) is 0 Å². The van der Waals surface area contributed by atoms with Crippen molar-refractivity contribution in [3.63, 3.8) is 0 Å². The molecule has 2 amide bonds. The SMILES string of the molecule is COc1ccc(C2=C(N(C)c3ccccc3)C(=O)N(c3ccc(C#N)cc3)C2=O)cc1. The van der Waals surface area contributed by atoms with Gasteiger partial charge in [-0.3, -0.25) is 9.59 Å². The second-order valence-corrected chi connectivity index (χ2v) is 6.95. The van der Waals surface area contributed by atoms with Gasteiger partial charge in [0.05, 0.1) is 30.0 Å². The van der Waals surface area contributed by atoms with Gasteiger partial charge >= 0.3 is 0 Å². The van der Waals surface area contributed by atoms with Crippen molar-refractivity contribution >= 4 is 28.8 Å². The number of nitriles is 1. The molecular formula is C25H19N3O3. The average Bonchev–Trinajstić information content (AvgIpc) is 3.09. The Balaban J connectivity index is 1.85. The van der Waals surface area contributed by atoms with Crippen molar-refractivity contribution in [2.75, 3.05) is 24.0 Å². The first-order valence-electron chi connectivity index (χ1n) is 9.61. The molecule has 1 heterocycles. The van der Waals surface area contributed by atoms with Crippen LogP contribution in [0.4, 0.5) is 11.4 Å². The zero-order valence-corrected chi connectivity index (χ0v) is 17.1. The third-order valence-electron chi connectivity index (χ3n) is 5.17. The molecule has 0 bridgehead atoms. The molecular weight excluding hydrogens is 390 g/mol. The quantitative estimate of drug-likeness (QED) is 0.596. The number of imide groups is 1. The maximum Gasteiger partial charge on any atom is 0.282 e. The van der Waals surface area contributed by atoms with Gasteiger partial charge in [0.1, 0.15) is 11.4 Å². The molecule has 3 aromatic carbocycles. The summed E-state index contributed by atoms with van der Waals surface area (Å²) in [6, 6.07) is 24.8. The Hall–Kier alpha value is -4.37. The summed E-state index contributed by atoms with van der Waals surface area (Å²) in [7, 11) is 3.33. The Morgan fingerprint density at radius 3 is 2.10 bits per heavy atom. The molecule has 1 aliphatic heterocycles. The van der Waals surface area contributed by atoms with Gasteiger partial charge < -0.3 is 9.64 Å². The smallest absolute Gasteiger partial charge is 0.282 e. The summed E-state index contributed by atoms with van der Waals surface area (Å²) in [5.74, 6) is -0.187. The van der Waals surface area contributed by atoms with Crippen LogP contribution < -0.4 is 14.5 Å². The van der Waals surface area contributed by atoms with E-state index in [-0.39, 0.29) is 5.70 Å². The van der Waals surface area contributed by atoms with Gasteiger partial charge in [-0.25, -0.2) is 4.90 Å². The maximum absolute atomic E-state index is 13.5. The number of carbonyl (C=O) groups is 2. The largest absolute Gasteiger partial charge is 0.497 e. The summed E-state index contributed by atoms with van der Waals surface area (Å²) in [6.07, 6.45) is 0. The fraction of sp³-hybridized carbons (Fsp3) is 0.0800. The van der Waals surface area contributed by atoms with Crippen molar-refractivity contribution in [3.8, 4) is 11.8 Å². The van der Waals surface area contributed by atoms with Crippen LogP contribution >= 0.6 is 0 Å². The highest BCUT2D eigenvalue weighted by atomic mass is 16.5. The molecule has 0 aliphatic carbocycles. The van der Waals surface area contributed by atoms with Gasteiger partial charge in [0.25, 0.3) is 11.8 Å². The minimum absolute atomic E-state index is 0.283. The Bertz CT molecular complexity index is 1210. The lowest BCUT2D eigenvalue weighted by atomic mass is 10.0. The van der Waals surface area contributed by atoms with Crippen molar-refractivity contribution < 1.29 is 14.3 Å². The second kappa shape index (κ2) is 8.17. The van der Waals surface area contributed by atoms with E-state index >= 15 is 0 Å². The molecule has 6 nitrogen and oxygen atoms in total. The number of likely N-dealkylation sites (N-methyl/N-ethyl adjacent to an activating group) is 1. The van der Waals surface area contributed by atoms with Crippen LogP contribution in [0.5, 0.6) is 5.75 Å². The number of hydrogen-bond acceptors (Lipinski definition) is 5. The zero-order chi connectivity index (χ0) is 22.0. The van der Waals surface area contributed by atoms with Crippen molar-refractivity contribution in [1.29, 1.82) is 5.26 Å². The highest BCUT2D eigenvalue weighted by molar-refractivity contribution is 6.46. The molecule has 3 aromatic rings. The van der Waals surface area contributed by atoms with E-state index in [0.29, 0.717) is 28.1 Å². The van der Waals surface area contributed by atoms with Crippen molar-refractivity contribution in [2.24, 2.45) is 0 Å². The molecule has 0 spiro atoms. The predicted octanol–water partition coefficient (Wildman–Crippen LogP) is 3.99. The first-order chi connectivity index (χ1) is 15.0. The van der Waals surface area contributed by atoms with Crippen LogP contribution in [0.15, 0.2) is 84.6 Å². The summed E-state index contributed by atoms with van der Waals surface area (Å²) in [6.45, 7) is 0. The lowest BCUT2D eigenvalue weighted by molar-refractivity contribution is -0.120. The van der Waals surface area contributed by atoms with Gasteiger partial charge in [0, 0.05) is 12.7 Å². The first kappa shape index (κ1) is 19.9. The Morgan fingerprint density at radius 2 is 1.52 bits per heavy atom. The van der Waals surface area contributed by atoms with Crippen LogP contribution in [0.25, 0.3) is 5.57 Å². The van der Waals surface area contributed by atoms with Crippen molar-refractivity contribution in [3.05, 3.63) is 95.7 Å². The van der Waals surface area contributed by atoms with E-state index in [0.717, 1.165) is 10.6 Å². The number of carbonyl (C=O) groups excluding carboxylic acids is 2. The van der Waals surface area contributed by atoms with Gasteiger partial charge in [-0.05, 0) is 54.1 Å². The van der Waals surface area contributed by atoms with Crippen molar-refractivity contribution in [2.45, 2.75) is 0 Å². The van der Waals surface area contributed by atoms with E-state index in [1.165, 1.54) is 0 Å². The molecule has 0 saturated carbocycles. The Morgan fingerprint density at radius 1 is 0.871 bits per heavy atom. The number of hydrogen-bond donors (Lipinski definition) is 0. The van der Waals surface area contributed by atoms with E-state index in [1.807, 2.05) is 36.4 Å². The van der Waals surface area contributed by atoms with Gasteiger partial charge in [-0.15, -0.1) is 0 Å². The number of methoxy groups -OCH3 is 1. The van der Waals surface area contributed by atoms with Gasteiger partial charge in [0.15, 0.2) is 0 Å². The lowest BCUT2D eigenvalue weighted by Gasteiger charge is -2.21. The monoisotopic (exact) mass is 409 g/mol. The first-order valence-corrected chi connectivity index (χ1v) is 9.61. The molecule has 152 valence electrons. The topological polar surface area (TPSA) is 73.6 Å². The number of ether oxygens (including phenoxy) is 1. The molecule has 4 rings (SSSR count). The van der Waals surface area contributed by atoms with Crippen LogP contribution in [0.2, 0.25) is 0 Å². The molecule has 31 heavy (non-hydrogen) atoms. The molecule has 0 saturated heterocycles. The molecule has 1 aliphatic rings. The minimum Gasteiger partial charge on any atom is -0.497 e. The maximum atomic E-state index is 13.5. The van der Waals surface area contributed by atoms with E-state index in [4.69, 9.17) is 10.00 Å². The minimum atomic E-state index is -0.424. The van der Waals surface area contributed by atoms with Gasteiger partial charge in [-0.2, -0.15) is 5.26 Å². The third-order valence-corrected chi connectivity index (χ3v) is 5.17. The summed E-state index contributed by atoms with van der Waals surface area (Å²) in [4.78, 5) is 29.9. The molecule has 0 N–H and O–H groups in total. The number of para-hydroxylation sites is 1. The van der Waals surface area contributed by atoms with Gasteiger partial charge in [-0.1, -0.05) is 30.3 Å². The molecule has 0 unspecified atom stereocenters. The van der Waals surface area contributed by atoms with Crippen LogP contribution in [-0.2, 0) is 9.59 Å². The van der Waals surface area contributed by atoms with Crippen LogP contribution in [0.3, 0.4) is 0 Å². The number of rotatable bonds is 5. The highest BCUT2D eigenvalue weighted by Gasteiger charge is 2.42. The number of benzene rings is 3. The predicted molar refractivity (Wildman–Crippen MR) is 118 cm³/mol. The number of anilines is 2. The Kier molecular flexibility index (Phi) is 5.25. The second-order valence-electron chi connectivity index (χ2n) is 6.95. The summed E-state index contributed by atoms with van der Waals surface area (Å²) in [5, 5.41) is 9.05. The van der Waals surface area contributed by atoms with Gasteiger partial charge in [0.2, 0.25) is 0 Å². The van der Waals surface area contributed by atoms with Crippen LogP contribution in [0, 0.1) is 11.3 Å². The summed E-state index contributed by atoms with van der Waals surface area (Å²) in [5.41, 5.74) is 2.86. The molecule has 0 aromatic heterocycles. The summed E-state index contributed by atoms with van der Waals surface area (Å²) < 4.78 is 5.22. The lowest BCUT2D eigenvalue weighted by Crippen LogP contribution is -2.34. The number of nitrogens with zero attached hydrogens (tertiary/aromatic N) is 3. The average molecular weight is 409 g/mol. The Labute approximate surface area is 180 Å². The van der Waals surface area contributed by atoms with Crippen molar-refractivity contribution in [1.82, 2.24) is 0 Å². The molecule has 0 atom stereocenters. The molecule has 0 radical (unpaired) electrons. The fourth-order valence-corrected chi connectivity index (χ4v) is 3.55. The van der Waals surface area contributed by atoms with Crippen LogP contribution in [-0.4, -0.2) is 26.0 Å². The van der Waals surface area contributed by atoms with E-state index in [9.17, 15) is 9.59 Å². The standard InChI is InChI=1S/C25H19N3O3/c1-27(19-6-4-3-5-7-19)23-22(18-10-14-21(31-2)15-11-18)24(29)28(25(23)30)20-12-8-17(16-26)9-13-20/h3-15H,1-2H3.